The number of H-pyrrole nitrogens is 1. The summed E-state index contributed by atoms with van der Waals surface area (Å²) in [6.07, 6.45) is 4.30. The maximum absolute atomic E-state index is 13.2. The van der Waals surface area contributed by atoms with Crippen molar-refractivity contribution in [3.05, 3.63) is 95.9 Å². The maximum atomic E-state index is 13.2. The molecule has 3 N–H and O–H groups in total. The number of carbonyl (C=O) groups excluding carboxylic acids is 2. The highest BCUT2D eigenvalue weighted by molar-refractivity contribution is 5.99. The fraction of sp³-hybridized carbons (Fsp3) is 0.120. The lowest BCUT2D eigenvalue weighted by Gasteiger charge is -2.20. The Morgan fingerprint density at radius 2 is 1.91 bits per heavy atom. The second kappa shape index (κ2) is 9.07. The number of amides is 2. The monoisotopic (exact) mass is 455 g/mol. The average molecular weight is 455 g/mol. The second-order valence-corrected chi connectivity index (χ2v) is 7.76. The Hall–Kier alpha value is -4.66. The first-order valence-electron chi connectivity index (χ1n) is 10.7. The van der Waals surface area contributed by atoms with Crippen molar-refractivity contribution in [2.45, 2.75) is 13.0 Å². The third-order valence-corrected chi connectivity index (χ3v) is 5.55. The SMILES string of the molecule is Cc1[nH]cnc1C(=O)NCC(NC(=O)c1cnoc1-c1ccco1)c1ccc2ccccc2c1. The van der Waals surface area contributed by atoms with E-state index < -0.39 is 11.9 Å². The number of benzene rings is 2. The predicted molar refractivity (Wildman–Crippen MR) is 124 cm³/mol. The van der Waals surface area contributed by atoms with E-state index in [1.54, 1.807) is 19.1 Å². The van der Waals surface area contributed by atoms with Crippen LogP contribution in [0.15, 0.2) is 82.3 Å². The van der Waals surface area contributed by atoms with Crippen molar-refractivity contribution in [1.29, 1.82) is 0 Å². The lowest BCUT2D eigenvalue weighted by atomic mass is 10.0. The molecule has 3 heterocycles. The molecule has 0 radical (unpaired) electrons. The summed E-state index contributed by atoms with van der Waals surface area (Å²) < 4.78 is 10.6. The molecule has 0 fully saturated rings. The van der Waals surface area contributed by atoms with Gasteiger partial charge in [0.1, 0.15) is 11.3 Å². The van der Waals surface area contributed by atoms with Gasteiger partial charge in [0.2, 0.25) is 5.76 Å². The highest BCUT2D eigenvalue weighted by Crippen LogP contribution is 2.25. The van der Waals surface area contributed by atoms with Crippen LogP contribution in [0.4, 0.5) is 0 Å². The molecule has 0 aliphatic carbocycles. The van der Waals surface area contributed by atoms with Gasteiger partial charge in [-0.1, -0.05) is 41.6 Å². The van der Waals surface area contributed by atoms with Gasteiger partial charge in [0.05, 0.1) is 24.8 Å². The summed E-state index contributed by atoms with van der Waals surface area (Å²) in [4.78, 5) is 32.8. The number of nitrogens with one attached hydrogen (secondary N) is 3. The van der Waals surface area contributed by atoms with Crippen LogP contribution < -0.4 is 10.6 Å². The van der Waals surface area contributed by atoms with Crippen molar-refractivity contribution in [1.82, 2.24) is 25.8 Å². The topological polar surface area (TPSA) is 126 Å². The van der Waals surface area contributed by atoms with Gasteiger partial charge < -0.3 is 24.6 Å². The molecule has 0 aliphatic rings. The summed E-state index contributed by atoms with van der Waals surface area (Å²) in [5.74, 6) is -0.112. The molecule has 1 atom stereocenters. The Balaban J connectivity index is 1.42. The molecule has 3 aromatic heterocycles. The lowest BCUT2D eigenvalue weighted by Crippen LogP contribution is -2.38. The number of rotatable bonds is 7. The van der Waals surface area contributed by atoms with Gasteiger partial charge in [-0.15, -0.1) is 0 Å². The molecule has 9 nitrogen and oxygen atoms in total. The molecule has 0 bridgehead atoms. The molecule has 34 heavy (non-hydrogen) atoms. The largest absolute Gasteiger partial charge is 0.461 e. The Morgan fingerprint density at radius 3 is 2.68 bits per heavy atom. The van der Waals surface area contributed by atoms with Crippen LogP contribution in [0.5, 0.6) is 0 Å². The highest BCUT2D eigenvalue weighted by atomic mass is 16.5. The number of imidazole rings is 1. The van der Waals surface area contributed by atoms with Gasteiger partial charge in [-0.3, -0.25) is 9.59 Å². The fourth-order valence-electron chi connectivity index (χ4n) is 3.77. The minimum atomic E-state index is -0.528. The molecule has 170 valence electrons. The zero-order valence-electron chi connectivity index (χ0n) is 18.2. The molecule has 2 amide bonds. The van der Waals surface area contributed by atoms with Crippen LogP contribution in [0.3, 0.4) is 0 Å². The summed E-state index contributed by atoms with van der Waals surface area (Å²) in [6.45, 7) is 1.92. The molecule has 9 heteroatoms. The number of carbonyl (C=O) groups is 2. The minimum Gasteiger partial charge on any atom is -0.461 e. The number of fused-ring (bicyclic) bond motifs is 1. The highest BCUT2D eigenvalue weighted by Gasteiger charge is 2.24. The van der Waals surface area contributed by atoms with Crippen molar-refractivity contribution < 1.29 is 18.5 Å². The third kappa shape index (κ3) is 4.18. The zero-order chi connectivity index (χ0) is 23.5. The molecule has 1 unspecified atom stereocenters. The van der Waals surface area contributed by atoms with E-state index in [-0.39, 0.29) is 23.8 Å². The molecular formula is C25H21N5O4. The molecule has 0 spiro atoms. The van der Waals surface area contributed by atoms with E-state index in [0.717, 1.165) is 16.3 Å². The average Bonchev–Trinajstić information content (AvgIpc) is 3.62. The normalized spacial score (nSPS) is 11.9. The number of furan rings is 1. The fourth-order valence-corrected chi connectivity index (χ4v) is 3.77. The van der Waals surface area contributed by atoms with E-state index in [1.165, 1.54) is 18.8 Å². The van der Waals surface area contributed by atoms with Crippen LogP contribution in [0, 0.1) is 6.92 Å². The van der Waals surface area contributed by atoms with Gasteiger partial charge in [0.15, 0.2) is 5.76 Å². The molecular weight excluding hydrogens is 434 g/mol. The molecule has 0 aliphatic heterocycles. The van der Waals surface area contributed by atoms with Gasteiger partial charge in [-0.2, -0.15) is 0 Å². The molecule has 0 saturated heterocycles. The summed E-state index contributed by atoms with van der Waals surface area (Å²) in [7, 11) is 0. The number of aromatic nitrogens is 3. The first-order valence-corrected chi connectivity index (χ1v) is 10.7. The first-order chi connectivity index (χ1) is 16.6. The van der Waals surface area contributed by atoms with Gasteiger partial charge in [-0.05, 0) is 41.5 Å². The van der Waals surface area contributed by atoms with Crippen molar-refractivity contribution in [2.24, 2.45) is 0 Å². The number of aryl methyl sites for hydroxylation is 1. The summed E-state index contributed by atoms with van der Waals surface area (Å²) >= 11 is 0. The van der Waals surface area contributed by atoms with Crippen molar-refractivity contribution in [3.63, 3.8) is 0 Å². The Bertz CT molecular complexity index is 1450. The van der Waals surface area contributed by atoms with E-state index in [1.807, 2.05) is 42.5 Å². The summed E-state index contributed by atoms with van der Waals surface area (Å²) in [6, 6.07) is 16.7. The van der Waals surface area contributed by atoms with Gasteiger partial charge in [-0.25, -0.2) is 4.98 Å². The Morgan fingerprint density at radius 1 is 1.06 bits per heavy atom. The smallest absolute Gasteiger partial charge is 0.271 e. The standard InChI is InChI=1S/C25H21N5O4/c1-15-22(28-14-27-15)25(32)26-13-20(18-9-8-16-5-2-3-6-17(16)11-18)30-24(31)19-12-29-34-23(19)21-7-4-10-33-21/h2-12,14,20H,13H2,1H3,(H,26,32)(H,27,28)(H,30,31). The molecule has 0 saturated carbocycles. The zero-order valence-corrected chi connectivity index (χ0v) is 18.2. The summed E-state index contributed by atoms with van der Waals surface area (Å²) in [5, 5.41) is 11.7. The quantitative estimate of drug-likeness (QED) is 0.340. The van der Waals surface area contributed by atoms with Crippen molar-refractivity contribution in [3.8, 4) is 11.5 Å². The van der Waals surface area contributed by atoms with E-state index in [9.17, 15) is 9.59 Å². The van der Waals surface area contributed by atoms with Crippen LogP contribution in [0.25, 0.3) is 22.3 Å². The minimum absolute atomic E-state index is 0.149. The third-order valence-electron chi connectivity index (χ3n) is 5.55. The van der Waals surface area contributed by atoms with Crippen molar-refractivity contribution >= 4 is 22.6 Å². The van der Waals surface area contributed by atoms with Gasteiger partial charge in [0.25, 0.3) is 11.8 Å². The molecule has 5 rings (SSSR count). The van der Waals surface area contributed by atoms with E-state index in [0.29, 0.717) is 17.1 Å². The molecule has 5 aromatic rings. The van der Waals surface area contributed by atoms with Crippen LogP contribution in [0.2, 0.25) is 0 Å². The van der Waals surface area contributed by atoms with E-state index >= 15 is 0 Å². The van der Waals surface area contributed by atoms with E-state index in [4.69, 9.17) is 8.94 Å². The number of hydrogen-bond acceptors (Lipinski definition) is 6. The van der Waals surface area contributed by atoms with Crippen LogP contribution >= 0.6 is 0 Å². The number of hydrogen-bond donors (Lipinski definition) is 3. The number of nitrogens with zero attached hydrogens (tertiary/aromatic N) is 2. The van der Waals surface area contributed by atoms with Gasteiger partial charge in [0, 0.05) is 12.2 Å². The van der Waals surface area contributed by atoms with Crippen molar-refractivity contribution in [2.75, 3.05) is 6.54 Å². The Kier molecular flexibility index (Phi) is 5.65. The van der Waals surface area contributed by atoms with Gasteiger partial charge >= 0.3 is 0 Å². The lowest BCUT2D eigenvalue weighted by molar-refractivity contribution is 0.0906. The van der Waals surface area contributed by atoms with Crippen LogP contribution in [-0.4, -0.2) is 33.5 Å². The number of aromatic amines is 1. The molecule has 2 aromatic carbocycles. The Labute approximate surface area is 194 Å². The van der Waals surface area contributed by atoms with Crippen LogP contribution in [-0.2, 0) is 0 Å². The maximum Gasteiger partial charge on any atom is 0.271 e. The van der Waals surface area contributed by atoms with Crippen LogP contribution in [0.1, 0.15) is 38.1 Å². The first kappa shape index (κ1) is 21.2. The van der Waals surface area contributed by atoms with E-state index in [2.05, 4.69) is 25.8 Å². The summed E-state index contributed by atoms with van der Waals surface area (Å²) in [5.41, 5.74) is 2.04. The predicted octanol–water partition coefficient (Wildman–Crippen LogP) is 4.02. The second-order valence-electron chi connectivity index (χ2n) is 7.76.